The monoisotopic (exact) mass is 321 g/mol. The molecule has 2 aliphatic heterocycles. The number of rotatable bonds is 3. The Morgan fingerprint density at radius 1 is 1.27 bits per heavy atom. The van der Waals surface area contributed by atoms with Gasteiger partial charge in [-0.1, -0.05) is 0 Å². The molecule has 0 unspecified atom stereocenters. The first-order valence-corrected chi connectivity index (χ1v) is 9.01. The molecule has 0 radical (unpaired) electrons. The standard InChI is InChI=1S/C16H23N3O2S/c20-15-3-1-2-7-19(15)14-4-8-18(9-5-14)16(21)17-11-13-6-10-22-12-13/h6,10,12,14H,1-5,7-9,11H2,(H,17,21). The Hall–Kier alpha value is -1.56. The lowest BCUT2D eigenvalue weighted by Gasteiger charge is -2.40. The van der Waals surface area contributed by atoms with Crippen LogP contribution in [-0.2, 0) is 11.3 Å². The first-order valence-electron chi connectivity index (χ1n) is 8.07. The van der Waals surface area contributed by atoms with Crippen molar-refractivity contribution in [2.45, 2.75) is 44.7 Å². The van der Waals surface area contributed by atoms with Gasteiger partial charge in [0, 0.05) is 38.6 Å². The summed E-state index contributed by atoms with van der Waals surface area (Å²) in [5.74, 6) is 0.298. The molecule has 3 heterocycles. The molecule has 3 amide bonds. The largest absolute Gasteiger partial charge is 0.340 e. The third-order valence-electron chi connectivity index (χ3n) is 4.58. The number of hydrogen-bond acceptors (Lipinski definition) is 3. The molecule has 2 saturated heterocycles. The molecule has 1 N–H and O–H groups in total. The van der Waals surface area contributed by atoms with Crippen LogP contribution in [0.25, 0.3) is 0 Å². The van der Waals surface area contributed by atoms with Crippen molar-refractivity contribution in [3.05, 3.63) is 22.4 Å². The van der Waals surface area contributed by atoms with Crippen molar-refractivity contribution in [1.29, 1.82) is 0 Å². The number of hydrogen-bond donors (Lipinski definition) is 1. The molecular formula is C16H23N3O2S. The van der Waals surface area contributed by atoms with E-state index in [2.05, 4.69) is 10.7 Å². The van der Waals surface area contributed by atoms with Gasteiger partial charge in [-0.3, -0.25) is 4.79 Å². The molecule has 3 rings (SSSR count). The first-order chi connectivity index (χ1) is 10.7. The summed E-state index contributed by atoms with van der Waals surface area (Å²) in [6.45, 7) is 2.97. The van der Waals surface area contributed by atoms with Gasteiger partial charge in [0.25, 0.3) is 0 Å². The minimum Gasteiger partial charge on any atom is -0.340 e. The molecule has 22 heavy (non-hydrogen) atoms. The average molecular weight is 321 g/mol. The Bertz CT molecular complexity index is 509. The molecule has 0 saturated carbocycles. The highest BCUT2D eigenvalue weighted by Gasteiger charge is 2.30. The van der Waals surface area contributed by atoms with Gasteiger partial charge in [-0.05, 0) is 48.1 Å². The second kappa shape index (κ2) is 7.13. The van der Waals surface area contributed by atoms with Crippen LogP contribution in [0.1, 0.15) is 37.7 Å². The predicted molar refractivity (Wildman–Crippen MR) is 86.7 cm³/mol. The third kappa shape index (κ3) is 3.61. The van der Waals surface area contributed by atoms with Gasteiger partial charge in [-0.15, -0.1) is 0 Å². The topological polar surface area (TPSA) is 52.7 Å². The molecule has 5 nitrogen and oxygen atoms in total. The number of urea groups is 1. The molecule has 2 fully saturated rings. The van der Waals surface area contributed by atoms with E-state index in [1.165, 1.54) is 0 Å². The van der Waals surface area contributed by atoms with Crippen LogP contribution in [0.15, 0.2) is 16.8 Å². The van der Waals surface area contributed by atoms with Crippen LogP contribution in [0.3, 0.4) is 0 Å². The van der Waals surface area contributed by atoms with Crippen LogP contribution < -0.4 is 5.32 Å². The van der Waals surface area contributed by atoms with E-state index in [0.29, 0.717) is 24.9 Å². The smallest absolute Gasteiger partial charge is 0.317 e. The maximum absolute atomic E-state index is 12.2. The van der Waals surface area contributed by atoms with E-state index in [1.807, 2.05) is 21.2 Å². The summed E-state index contributed by atoms with van der Waals surface area (Å²) in [6, 6.07) is 2.36. The van der Waals surface area contributed by atoms with Crippen molar-refractivity contribution in [3.8, 4) is 0 Å². The van der Waals surface area contributed by atoms with Gasteiger partial charge in [-0.2, -0.15) is 11.3 Å². The molecule has 120 valence electrons. The fraction of sp³-hybridized carbons (Fsp3) is 0.625. The van der Waals surface area contributed by atoms with Crippen LogP contribution in [0, 0.1) is 0 Å². The lowest BCUT2D eigenvalue weighted by molar-refractivity contribution is -0.136. The number of nitrogens with zero attached hydrogens (tertiary/aromatic N) is 2. The number of likely N-dealkylation sites (tertiary alicyclic amines) is 2. The van der Waals surface area contributed by atoms with E-state index in [9.17, 15) is 9.59 Å². The van der Waals surface area contributed by atoms with Gasteiger partial charge in [-0.25, -0.2) is 4.79 Å². The number of carbonyl (C=O) groups excluding carboxylic acids is 2. The van der Waals surface area contributed by atoms with Gasteiger partial charge >= 0.3 is 6.03 Å². The SMILES string of the molecule is O=C(NCc1ccsc1)N1CCC(N2CCCCC2=O)CC1. The zero-order valence-electron chi connectivity index (χ0n) is 12.8. The predicted octanol–water partition coefficient (Wildman–Crippen LogP) is 2.43. The average Bonchev–Trinajstić information content (AvgIpc) is 3.07. The van der Waals surface area contributed by atoms with Gasteiger partial charge in [0.05, 0.1) is 0 Å². The van der Waals surface area contributed by atoms with Crippen LogP contribution in [0.4, 0.5) is 4.79 Å². The minimum absolute atomic E-state index is 0.00891. The number of nitrogens with one attached hydrogen (secondary N) is 1. The lowest BCUT2D eigenvalue weighted by atomic mass is 10.00. The minimum atomic E-state index is 0.00891. The third-order valence-corrected chi connectivity index (χ3v) is 5.31. The molecule has 1 aromatic heterocycles. The number of carbonyl (C=O) groups is 2. The van der Waals surface area contributed by atoms with Crippen molar-refractivity contribution >= 4 is 23.3 Å². The number of amides is 3. The zero-order valence-corrected chi connectivity index (χ0v) is 13.6. The Balaban J connectivity index is 1.44. The van der Waals surface area contributed by atoms with Gasteiger partial charge in [0.1, 0.15) is 0 Å². The van der Waals surface area contributed by atoms with Crippen LogP contribution in [0.5, 0.6) is 0 Å². The molecule has 0 atom stereocenters. The van der Waals surface area contributed by atoms with Crippen LogP contribution >= 0.6 is 11.3 Å². The van der Waals surface area contributed by atoms with Crippen molar-refractivity contribution in [2.24, 2.45) is 0 Å². The van der Waals surface area contributed by atoms with E-state index >= 15 is 0 Å². The van der Waals surface area contributed by atoms with Gasteiger partial charge < -0.3 is 15.1 Å². The van der Waals surface area contributed by atoms with Crippen molar-refractivity contribution in [3.63, 3.8) is 0 Å². The van der Waals surface area contributed by atoms with Crippen molar-refractivity contribution in [2.75, 3.05) is 19.6 Å². The number of piperidine rings is 2. The summed E-state index contributed by atoms with van der Waals surface area (Å²) in [7, 11) is 0. The van der Waals surface area contributed by atoms with Crippen LogP contribution in [-0.4, -0.2) is 47.4 Å². The molecule has 1 aromatic rings. The molecule has 0 aromatic carbocycles. The quantitative estimate of drug-likeness (QED) is 0.929. The molecule has 0 aliphatic carbocycles. The van der Waals surface area contributed by atoms with E-state index in [4.69, 9.17) is 0 Å². The first kappa shape index (κ1) is 15.3. The summed E-state index contributed by atoms with van der Waals surface area (Å²) in [4.78, 5) is 28.1. The second-order valence-corrected chi connectivity index (χ2v) is 6.83. The highest BCUT2D eigenvalue weighted by Crippen LogP contribution is 2.21. The highest BCUT2D eigenvalue weighted by atomic mass is 32.1. The Morgan fingerprint density at radius 2 is 2.09 bits per heavy atom. The summed E-state index contributed by atoms with van der Waals surface area (Å²) < 4.78 is 0. The molecular weight excluding hydrogens is 298 g/mol. The normalized spacial score (nSPS) is 20.3. The van der Waals surface area contributed by atoms with E-state index in [1.54, 1.807) is 11.3 Å². The van der Waals surface area contributed by atoms with Crippen LogP contribution in [0.2, 0.25) is 0 Å². The summed E-state index contributed by atoms with van der Waals surface area (Å²) in [6.07, 6.45) is 4.64. The summed E-state index contributed by atoms with van der Waals surface area (Å²) in [5, 5.41) is 7.04. The summed E-state index contributed by atoms with van der Waals surface area (Å²) >= 11 is 1.64. The maximum atomic E-state index is 12.2. The fourth-order valence-electron chi connectivity index (χ4n) is 3.28. The van der Waals surface area contributed by atoms with E-state index in [0.717, 1.165) is 50.9 Å². The van der Waals surface area contributed by atoms with Crippen molar-refractivity contribution in [1.82, 2.24) is 15.1 Å². The lowest BCUT2D eigenvalue weighted by Crippen LogP contribution is -2.51. The molecule has 2 aliphatic rings. The summed E-state index contributed by atoms with van der Waals surface area (Å²) in [5.41, 5.74) is 1.15. The Morgan fingerprint density at radius 3 is 2.77 bits per heavy atom. The molecule has 0 bridgehead atoms. The Labute approximate surface area is 135 Å². The van der Waals surface area contributed by atoms with E-state index < -0.39 is 0 Å². The zero-order chi connectivity index (χ0) is 15.4. The Kier molecular flexibility index (Phi) is 4.97. The molecule has 0 spiro atoms. The van der Waals surface area contributed by atoms with Crippen molar-refractivity contribution < 1.29 is 9.59 Å². The van der Waals surface area contributed by atoms with E-state index in [-0.39, 0.29) is 6.03 Å². The fourth-order valence-corrected chi connectivity index (χ4v) is 3.94. The second-order valence-electron chi connectivity index (χ2n) is 6.05. The van der Waals surface area contributed by atoms with Gasteiger partial charge in [0.15, 0.2) is 0 Å². The molecule has 6 heteroatoms. The van der Waals surface area contributed by atoms with Gasteiger partial charge in [0.2, 0.25) is 5.91 Å². The highest BCUT2D eigenvalue weighted by molar-refractivity contribution is 7.07. The maximum Gasteiger partial charge on any atom is 0.317 e. The number of thiophene rings is 1.